The van der Waals surface area contributed by atoms with E-state index in [4.69, 9.17) is 16.2 Å². The minimum Gasteiger partial charge on any atom is -0.444 e. The van der Waals surface area contributed by atoms with Crippen LogP contribution >= 0.6 is 0 Å². The van der Waals surface area contributed by atoms with E-state index in [2.05, 4.69) is 16.0 Å². The molecule has 11 heteroatoms. The summed E-state index contributed by atoms with van der Waals surface area (Å²) in [7, 11) is 0. The summed E-state index contributed by atoms with van der Waals surface area (Å²) in [5.41, 5.74) is 10.7. The van der Waals surface area contributed by atoms with Crippen LogP contribution in [0.3, 0.4) is 0 Å². The van der Waals surface area contributed by atoms with Crippen molar-refractivity contribution in [1.29, 1.82) is 0 Å². The predicted octanol–water partition coefficient (Wildman–Crippen LogP) is 0.685. The van der Waals surface area contributed by atoms with E-state index in [0.29, 0.717) is 19.4 Å². The summed E-state index contributed by atoms with van der Waals surface area (Å²) in [6.07, 6.45) is 1.66. The number of hydrogen-bond donors (Lipinski definition) is 5. The highest BCUT2D eigenvalue weighted by Gasteiger charge is 2.29. The van der Waals surface area contributed by atoms with Gasteiger partial charge in [-0.15, -0.1) is 0 Å². The molecular weight excluding hydrogens is 466 g/mol. The molecule has 1 aromatic rings. The first-order valence-electron chi connectivity index (χ1n) is 12.0. The van der Waals surface area contributed by atoms with Gasteiger partial charge in [-0.3, -0.25) is 25.0 Å². The van der Waals surface area contributed by atoms with Crippen molar-refractivity contribution in [3.05, 3.63) is 35.9 Å². The molecule has 36 heavy (non-hydrogen) atoms. The zero-order valence-corrected chi connectivity index (χ0v) is 21.3. The van der Waals surface area contributed by atoms with E-state index in [1.54, 1.807) is 20.8 Å². The molecule has 0 fully saturated rings. The number of alkyl carbamates (subject to hydrolysis) is 1. The number of primary amides is 1. The summed E-state index contributed by atoms with van der Waals surface area (Å²) in [5, 5.41) is 7.70. The monoisotopic (exact) mass is 505 g/mol. The van der Waals surface area contributed by atoms with Gasteiger partial charge >= 0.3 is 6.09 Å². The summed E-state index contributed by atoms with van der Waals surface area (Å²) in [4.78, 5) is 61.2. The van der Waals surface area contributed by atoms with Gasteiger partial charge in [0.15, 0.2) is 0 Å². The first-order valence-corrected chi connectivity index (χ1v) is 12.0. The molecule has 0 aliphatic rings. The van der Waals surface area contributed by atoms with Crippen LogP contribution in [-0.2, 0) is 30.3 Å². The third-order valence-corrected chi connectivity index (χ3v) is 5.08. The van der Waals surface area contributed by atoms with Crippen LogP contribution < -0.4 is 27.4 Å². The van der Waals surface area contributed by atoms with Crippen LogP contribution in [-0.4, -0.2) is 60.4 Å². The van der Waals surface area contributed by atoms with Crippen LogP contribution in [0.15, 0.2) is 30.3 Å². The molecule has 3 atom stereocenters. The maximum absolute atomic E-state index is 13.1. The number of imide groups is 1. The Kier molecular flexibility index (Phi) is 13.3. The van der Waals surface area contributed by atoms with Crippen LogP contribution in [0.1, 0.15) is 58.4 Å². The molecule has 4 amide bonds. The highest BCUT2D eigenvalue weighted by atomic mass is 16.6. The second-order valence-electron chi connectivity index (χ2n) is 9.49. The topological polar surface area (TPSA) is 183 Å². The van der Waals surface area contributed by atoms with Gasteiger partial charge in [0.1, 0.15) is 17.9 Å². The van der Waals surface area contributed by atoms with Gasteiger partial charge in [0.05, 0.1) is 12.1 Å². The van der Waals surface area contributed by atoms with Crippen molar-refractivity contribution in [1.82, 2.24) is 16.0 Å². The number of rotatable bonds is 15. The molecule has 0 saturated heterocycles. The van der Waals surface area contributed by atoms with Gasteiger partial charge in [-0.25, -0.2) is 4.79 Å². The molecular formula is C25H39N5O6. The van der Waals surface area contributed by atoms with E-state index in [1.807, 2.05) is 30.3 Å². The van der Waals surface area contributed by atoms with Crippen LogP contribution in [0.5, 0.6) is 0 Å². The largest absolute Gasteiger partial charge is 0.444 e. The summed E-state index contributed by atoms with van der Waals surface area (Å²) in [5.74, 6) is -2.16. The van der Waals surface area contributed by atoms with Crippen molar-refractivity contribution in [2.75, 3.05) is 6.54 Å². The molecule has 0 radical (unpaired) electrons. The molecule has 1 aromatic carbocycles. The number of hydrogen-bond acceptors (Lipinski definition) is 8. The van der Waals surface area contributed by atoms with E-state index >= 15 is 0 Å². The zero-order chi connectivity index (χ0) is 27.1. The van der Waals surface area contributed by atoms with Gasteiger partial charge in [-0.05, 0) is 58.6 Å². The molecule has 7 N–H and O–H groups in total. The predicted molar refractivity (Wildman–Crippen MR) is 135 cm³/mol. The fourth-order valence-corrected chi connectivity index (χ4v) is 3.34. The third kappa shape index (κ3) is 13.0. The van der Waals surface area contributed by atoms with Gasteiger partial charge in [-0.2, -0.15) is 0 Å². The Morgan fingerprint density at radius 3 is 2.19 bits per heavy atom. The Morgan fingerprint density at radius 1 is 1.00 bits per heavy atom. The zero-order valence-electron chi connectivity index (χ0n) is 21.3. The Balaban J connectivity index is 3.00. The van der Waals surface area contributed by atoms with E-state index in [-0.39, 0.29) is 19.3 Å². The summed E-state index contributed by atoms with van der Waals surface area (Å²) >= 11 is 0. The molecule has 0 saturated carbocycles. The lowest BCUT2D eigenvalue weighted by Crippen LogP contribution is -2.55. The van der Waals surface area contributed by atoms with Crippen LogP contribution in [0.4, 0.5) is 4.79 Å². The van der Waals surface area contributed by atoms with Crippen LogP contribution in [0, 0.1) is 0 Å². The molecule has 0 heterocycles. The van der Waals surface area contributed by atoms with E-state index in [0.717, 1.165) is 18.3 Å². The van der Waals surface area contributed by atoms with Crippen molar-refractivity contribution in [3.8, 4) is 0 Å². The quantitative estimate of drug-likeness (QED) is 0.170. The maximum Gasteiger partial charge on any atom is 0.408 e. The van der Waals surface area contributed by atoms with E-state index < -0.39 is 47.5 Å². The fraction of sp³-hybridized carbons (Fsp3) is 0.560. The average molecular weight is 506 g/mol. The minimum atomic E-state index is -1.24. The Hall–Kier alpha value is -3.31. The number of carbonyl (C=O) groups is 5. The van der Waals surface area contributed by atoms with Gasteiger partial charge < -0.3 is 26.3 Å². The first-order chi connectivity index (χ1) is 16.9. The first kappa shape index (κ1) is 30.7. The van der Waals surface area contributed by atoms with Gasteiger partial charge in [0.2, 0.25) is 17.7 Å². The van der Waals surface area contributed by atoms with Crippen LogP contribution in [0.25, 0.3) is 0 Å². The second-order valence-corrected chi connectivity index (χ2v) is 9.49. The number of nitrogens with one attached hydrogen (secondary N) is 3. The minimum absolute atomic E-state index is 0.124. The Labute approximate surface area is 212 Å². The summed E-state index contributed by atoms with van der Waals surface area (Å²) < 4.78 is 5.18. The van der Waals surface area contributed by atoms with Crippen molar-refractivity contribution in [3.63, 3.8) is 0 Å². The normalized spacial score (nSPS) is 13.7. The van der Waals surface area contributed by atoms with Crippen molar-refractivity contribution in [2.24, 2.45) is 11.5 Å². The number of unbranched alkanes of at least 4 members (excludes halogenated alkanes) is 1. The molecule has 200 valence electrons. The highest BCUT2D eigenvalue weighted by molar-refractivity contribution is 6.01. The molecule has 0 aliphatic carbocycles. The lowest BCUT2D eigenvalue weighted by molar-refractivity contribution is -0.133. The Bertz CT molecular complexity index is 871. The standard InChI is InChI=1S/C25H39N5O6/c1-25(2,3)36-24(35)29-19(12-13-21(27)32)22(33)30-23(34)20(15-17-9-5-4-6-10-17)28-18(16-31)11-7-8-14-26/h4-6,9-10,16,18-20,28H,7-8,11-15,26H2,1-3H3,(H2,27,32)(H,29,35)(H,30,33,34)/t18-,19-,20-/m0/s1. The fourth-order valence-electron chi connectivity index (χ4n) is 3.34. The number of carbonyl (C=O) groups excluding carboxylic acids is 5. The van der Waals surface area contributed by atoms with Crippen LogP contribution in [0.2, 0.25) is 0 Å². The van der Waals surface area contributed by atoms with Gasteiger partial charge in [-0.1, -0.05) is 36.8 Å². The second kappa shape index (κ2) is 15.6. The van der Waals surface area contributed by atoms with Crippen molar-refractivity contribution >= 4 is 30.1 Å². The molecule has 11 nitrogen and oxygen atoms in total. The smallest absolute Gasteiger partial charge is 0.408 e. The lowest BCUT2D eigenvalue weighted by Gasteiger charge is -2.25. The average Bonchev–Trinajstić information content (AvgIpc) is 2.79. The molecule has 0 unspecified atom stereocenters. The molecule has 0 aliphatic heterocycles. The number of ether oxygens (including phenoxy) is 1. The van der Waals surface area contributed by atoms with Crippen molar-refractivity contribution < 1.29 is 28.7 Å². The number of nitrogens with two attached hydrogens (primary N) is 2. The van der Waals surface area contributed by atoms with Crippen molar-refractivity contribution in [2.45, 2.75) is 83.0 Å². The molecule has 0 aromatic heterocycles. The molecule has 1 rings (SSSR count). The number of amides is 4. The third-order valence-electron chi connectivity index (χ3n) is 5.08. The SMILES string of the molecule is CC(C)(C)OC(=O)N[C@@H](CCC(N)=O)C(=O)NC(=O)[C@H](Cc1ccccc1)N[C@H](C=O)CCCCN. The molecule has 0 spiro atoms. The summed E-state index contributed by atoms with van der Waals surface area (Å²) in [6.45, 7) is 5.47. The summed E-state index contributed by atoms with van der Waals surface area (Å²) in [6, 6.07) is 6.36. The van der Waals surface area contributed by atoms with E-state index in [9.17, 15) is 24.0 Å². The molecule has 0 bridgehead atoms. The lowest BCUT2D eigenvalue weighted by atomic mass is 10.0. The number of benzene rings is 1. The van der Waals surface area contributed by atoms with E-state index in [1.165, 1.54) is 0 Å². The maximum atomic E-state index is 13.1. The van der Waals surface area contributed by atoms with Gasteiger partial charge in [0, 0.05) is 6.42 Å². The Morgan fingerprint density at radius 2 is 1.64 bits per heavy atom. The highest BCUT2D eigenvalue weighted by Crippen LogP contribution is 2.09. The van der Waals surface area contributed by atoms with Gasteiger partial charge in [0.25, 0.3) is 0 Å². The number of aldehydes is 1.